The monoisotopic (exact) mass is 305 g/mol. The molecule has 0 aromatic carbocycles. The molecule has 5 heteroatoms. The van der Waals surface area contributed by atoms with Gasteiger partial charge in [-0.1, -0.05) is 11.8 Å². The molecule has 0 unspecified atom stereocenters. The third-order valence-corrected chi connectivity index (χ3v) is 4.50. The van der Waals surface area contributed by atoms with Crippen molar-refractivity contribution in [3.05, 3.63) is 43.8 Å². The summed E-state index contributed by atoms with van der Waals surface area (Å²) in [4.78, 5) is 14.0. The number of hydrogen-bond donors (Lipinski definition) is 2. The Balaban J connectivity index is 1.90. The van der Waals surface area contributed by atoms with Crippen molar-refractivity contribution in [1.82, 2.24) is 5.32 Å². The van der Waals surface area contributed by atoms with Crippen LogP contribution in [0.5, 0.6) is 0 Å². The number of hydrogen-bond acceptors (Lipinski definition) is 4. The highest BCUT2D eigenvalue weighted by Crippen LogP contribution is 2.16. The Bertz CT molecular complexity index is 646. The molecule has 2 aromatic rings. The molecular weight excluding hydrogens is 290 g/mol. The SMILES string of the molecule is Cc1cscc1C(=O)NCc1ccc(C#CCCO)s1. The van der Waals surface area contributed by atoms with Crippen LogP contribution in [0.15, 0.2) is 22.9 Å². The second kappa shape index (κ2) is 7.25. The van der Waals surface area contributed by atoms with E-state index in [4.69, 9.17) is 5.11 Å². The van der Waals surface area contributed by atoms with E-state index in [1.807, 2.05) is 29.8 Å². The molecule has 2 N–H and O–H groups in total. The quantitative estimate of drug-likeness (QED) is 0.853. The summed E-state index contributed by atoms with van der Waals surface area (Å²) in [5.41, 5.74) is 1.75. The van der Waals surface area contributed by atoms with Crippen LogP contribution in [0.4, 0.5) is 0 Å². The summed E-state index contributed by atoms with van der Waals surface area (Å²) in [7, 11) is 0. The maximum absolute atomic E-state index is 12.0. The fourth-order valence-electron chi connectivity index (χ4n) is 1.60. The second-order valence-corrected chi connectivity index (χ2v) is 6.10. The van der Waals surface area contributed by atoms with Crippen molar-refractivity contribution < 1.29 is 9.90 Å². The van der Waals surface area contributed by atoms with Crippen LogP contribution in [-0.4, -0.2) is 17.6 Å². The molecule has 0 spiro atoms. The number of aliphatic hydroxyl groups is 1. The summed E-state index contributed by atoms with van der Waals surface area (Å²) >= 11 is 3.09. The van der Waals surface area contributed by atoms with Crippen LogP contribution < -0.4 is 5.32 Å². The van der Waals surface area contributed by atoms with Gasteiger partial charge in [-0.15, -0.1) is 11.3 Å². The summed E-state index contributed by atoms with van der Waals surface area (Å²) in [6, 6.07) is 3.90. The number of carbonyl (C=O) groups is 1. The van der Waals surface area contributed by atoms with Crippen LogP contribution in [0.25, 0.3) is 0 Å². The molecule has 0 fully saturated rings. The Labute approximate surface area is 126 Å². The molecule has 0 aliphatic rings. The average molecular weight is 305 g/mol. The Morgan fingerprint density at radius 3 is 2.95 bits per heavy atom. The van der Waals surface area contributed by atoms with E-state index in [0.29, 0.717) is 13.0 Å². The number of rotatable bonds is 4. The maximum Gasteiger partial charge on any atom is 0.252 e. The molecule has 3 nitrogen and oxygen atoms in total. The van der Waals surface area contributed by atoms with E-state index in [1.165, 1.54) is 11.3 Å². The molecule has 0 bridgehead atoms. The fourth-order valence-corrected chi connectivity index (χ4v) is 3.25. The number of carbonyl (C=O) groups excluding carboxylic acids is 1. The van der Waals surface area contributed by atoms with Gasteiger partial charge in [0.2, 0.25) is 0 Å². The van der Waals surface area contributed by atoms with E-state index in [2.05, 4.69) is 17.2 Å². The zero-order valence-electron chi connectivity index (χ0n) is 11.1. The van der Waals surface area contributed by atoms with Gasteiger partial charge in [-0.25, -0.2) is 0 Å². The van der Waals surface area contributed by atoms with E-state index >= 15 is 0 Å². The summed E-state index contributed by atoms with van der Waals surface area (Å²) < 4.78 is 0. The lowest BCUT2D eigenvalue weighted by atomic mass is 10.2. The van der Waals surface area contributed by atoms with Crippen molar-refractivity contribution in [3.63, 3.8) is 0 Å². The maximum atomic E-state index is 12.0. The highest BCUT2D eigenvalue weighted by molar-refractivity contribution is 7.12. The average Bonchev–Trinajstić information content (AvgIpc) is 3.05. The molecule has 1 amide bonds. The molecule has 0 radical (unpaired) electrons. The summed E-state index contributed by atoms with van der Waals surface area (Å²) in [5, 5.41) is 15.4. The van der Waals surface area contributed by atoms with Crippen LogP contribution in [0.1, 0.15) is 32.1 Å². The molecule has 2 aromatic heterocycles. The van der Waals surface area contributed by atoms with Crippen molar-refractivity contribution in [2.24, 2.45) is 0 Å². The highest BCUT2D eigenvalue weighted by Gasteiger charge is 2.09. The van der Waals surface area contributed by atoms with Crippen LogP contribution in [-0.2, 0) is 6.54 Å². The van der Waals surface area contributed by atoms with Gasteiger partial charge in [0.1, 0.15) is 0 Å². The minimum atomic E-state index is -0.0370. The predicted molar refractivity (Wildman–Crippen MR) is 83.1 cm³/mol. The largest absolute Gasteiger partial charge is 0.395 e. The van der Waals surface area contributed by atoms with Crippen molar-refractivity contribution in [1.29, 1.82) is 0 Å². The molecule has 0 aliphatic heterocycles. The van der Waals surface area contributed by atoms with Crippen LogP contribution in [0, 0.1) is 18.8 Å². The first-order valence-corrected chi connectivity index (χ1v) is 7.96. The number of amides is 1. The van der Waals surface area contributed by atoms with E-state index in [0.717, 1.165) is 20.9 Å². The Hall–Kier alpha value is -1.61. The molecular formula is C15H15NO2S2. The second-order valence-electron chi connectivity index (χ2n) is 4.19. The van der Waals surface area contributed by atoms with Crippen molar-refractivity contribution >= 4 is 28.6 Å². The van der Waals surface area contributed by atoms with Crippen molar-refractivity contribution in [2.45, 2.75) is 19.9 Å². The summed E-state index contributed by atoms with van der Waals surface area (Å²) in [6.07, 6.45) is 0.488. The molecule has 2 heterocycles. The van der Waals surface area contributed by atoms with E-state index in [-0.39, 0.29) is 12.5 Å². The molecule has 0 saturated carbocycles. The highest BCUT2D eigenvalue weighted by atomic mass is 32.1. The fraction of sp³-hybridized carbons (Fsp3) is 0.267. The standard InChI is InChI=1S/C15H15NO2S2/c1-11-9-19-10-14(11)15(18)16-8-13-6-5-12(20-13)4-2-3-7-17/h5-6,9-10,17H,3,7-8H2,1H3,(H,16,18). The van der Waals surface area contributed by atoms with Gasteiger partial charge in [0.15, 0.2) is 0 Å². The van der Waals surface area contributed by atoms with Gasteiger partial charge in [0.25, 0.3) is 5.91 Å². The van der Waals surface area contributed by atoms with Gasteiger partial charge >= 0.3 is 0 Å². The van der Waals surface area contributed by atoms with E-state index in [1.54, 1.807) is 11.3 Å². The number of aryl methyl sites for hydroxylation is 1. The molecule has 0 aliphatic carbocycles. The van der Waals surface area contributed by atoms with E-state index in [9.17, 15) is 4.79 Å². The van der Waals surface area contributed by atoms with Gasteiger partial charge in [0, 0.05) is 16.7 Å². The smallest absolute Gasteiger partial charge is 0.252 e. The molecule has 104 valence electrons. The lowest BCUT2D eigenvalue weighted by molar-refractivity contribution is 0.0951. The first kappa shape index (κ1) is 14.8. The normalized spacial score (nSPS) is 9.90. The third kappa shape index (κ3) is 3.94. The molecule has 0 saturated heterocycles. The predicted octanol–water partition coefficient (Wildman–Crippen LogP) is 2.78. The number of nitrogens with one attached hydrogen (secondary N) is 1. The van der Waals surface area contributed by atoms with Crippen LogP contribution in [0.3, 0.4) is 0 Å². The number of aliphatic hydroxyl groups excluding tert-OH is 1. The zero-order valence-corrected chi connectivity index (χ0v) is 12.7. The Morgan fingerprint density at radius 1 is 1.40 bits per heavy atom. The lowest BCUT2D eigenvalue weighted by Crippen LogP contribution is -2.22. The minimum absolute atomic E-state index is 0.0370. The van der Waals surface area contributed by atoms with Crippen LogP contribution >= 0.6 is 22.7 Å². The third-order valence-electron chi connectivity index (χ3n) is 2.63. The van der Waals surface area contributed by atoms with Gasteiger partial charge in [-0.05, 0) is 30.0 Å². The van der Waals surface area contributed by atoms with Gasteiger partial charge in [-0.2, -0.15) is 11.3 Å². The zero-order chi connectivity index (χ0) is 14.4. The number of thiophene rings is 2. The summed E-state index contributed by atoms with van der Waals surface area (Å²) in [5.74, 6) is 5.83. The molecule has 0 atom stereocenters. The van der Waals surface area contributed by atoms with Crippen LogP contribution in [0.2, 0.25) is 0 Å². The lowest BCUT2D eigenvalue weighted by Gasteiger charge is -2.02. The van der Waals surface area contributed by atoms with Gasteiger partial charge in [0.05, 0.1) is 23.6 Å². The molecule has 20 heavy (non-hydrogen) atoms. The van der Waals surface area contributed by atoms with E-state index < -0.39 is 0 Å². The van der Waals surface area contributed by atoms with Gasteiger partial charge in [-0.3, -0.25) is 4.79 Å². The first-order valence-electron chi connectivity index (χ1n) is 6.20. The molecule has 2 rings (SSSR count). The van der Waals surface area contributed by atoms with Crippen molar-refractivity contribution in [3.8, 4) is 11.8 Å². The Kier molecular flexibility index (Phi) is 5.36. The van der Waals surface area contributed by atoms with Crippen molar-refractivity contribution in [2.75, 3.05) is 6.61 Å². The Morgan fingerprint density at radius 2 is 2.25 bits per heavy atom. The topological polar surface area (TPSA) is 49.3 Å². The summed E-state index contributed by atoms with van der Waals surface area (Å²) in [6.45, 7) is 2.53. The first-order chi connectivity index (χ1) is 9.70. The van der Waals surface area contributed by atoms with Gasteiger partial charge < -0.3 is 10.4 Å². The minimum Gasteiger partial charge on any atom is -0.395 e.